The molecule has 118 valence electrons. The van der Waals surface area contributed by atoms with Gasteiger partial charge in [0.1, 0.15) is 0 Å². The van der Waals surface area contributed by atoms with Crippen LogP contribution >= 0.6 is 0 Å². The molecule has 0 aromatic heterocycles. The van der Waals surface area contributed by atoms with Gasteiger partial charge in [0.25, 0.3) is 0 Å². The second-order valence-electron chi connectivity index (χ2n) is 7.90. The molecule has 0 bridgehead atoms. The van der Waals surface area contributed by atoms with Gasteiger partial charge in [-0.25, -0.2) is 0 Å². The van der Waals surface area contributed by atoms with Gasteiger partial charge in [-0.05, 0) is 70.4 Å². The van der Waals surface area contributed by atoms with Crippen molar-refractivity contribution in [3.8, 4) is 0 Å². The van der Waals surface area contributed by atoms with Crippen molar-refractivity contribution in [3.63, 3.8) is 0 Å². The zero-order valence-corrected chi connectivity index (χ0v) is 14.2. The minimum atomic E-state index is 0.274. The van der Waals surface area contributed by atoms with E-state index in [1.165, 1.54) is 57.8 Å². The summed E-state index contributed by atoms with van der Waals surface area (Å²) in [4.78, 5) is 2.47. The van der Waals surface area contributed by atoms with Crippen molar-refractivity contribution in [2.24, 2.45) is 23.5 Å². The molecule has 0 aromatic carbocycles. The highest BCUT2D eigenvalue weighted by atomic mass is 15.2. The summed E-state index contributed by atoms with van der Waals surface area (Å²) in [5.74, 6) is 2.62. The molecule has 0 heterocycles. The molecule has 2 saturated carbocycles. The smallest absolute Gasteiger partial charge is 0.0357 e. The minimum Gasteiger partial charge on any atom is -0.326 e. The minimum absolute atomic E-state index is 0.274. The van der Waals surface area contributed by atoms with Crippen molar-refractivity contribution in [3.05, 3.63) is 0 Å². The van der Waals surface area contributed by atoms with Crippen LogP contribution in [0, 0.1) is 17.8 Å². The lowest BCUT2D eigenvalue weighted by Crippen LogP contribution is -2.61. The fourth-order valence-electron chi connectivity index (χ4n) is 4.74. The second-order valence-corrected chi connectivity index (χ2v) is 7.90. The normalized spacial score (nSPS) is 40.8. The van der Waals surface area contributed by atoms with Gasteiger partial charge in [-0.15, -0.1) is 0 Å². The summed E-state index contributed by atoms with van der Waals surface area (Å²) in [7, 11) is 4.51. The van der Waals surface area contributed by atoms with Crippen molar-refractivity contribution in [2.75, 3.05) is 14.1 Å². The first-order chi connectivity index (χ1) is 9.49. The Labute approximate surface area is 126 Å². The fraction of sp³-hybridized carbons (Fsp3) is 1.00. The van der Waals surface area contributed by atoms with E-state index in [-0.39, 0.29) is 5.54 Å². The Morgan fingerprint density at radius 1 is 1.05 bits per heavy atom. The molecule has 0 aromatic rings. The molecule has 2 fully saturated rings. The number of rotatable bonds is 4. The molecule has 1 unspecified atom stereocenters. The van der Waals surface area contributed by atoms with Crippen molar-refractivity contribution in [1.29, 1.82) is 0 Å². The third-order valence-corrected chi connectivity index (χ3v) is 6.63. The number of hydrogen-bond acceptors (Lipinski definition) is 2. The summed E-state index contributed by atoms with van der Waals surface area (Å²) >= 11 is 0. The summed E-state index contributed by atoms with van der Waals surface area (Å²) in [6.07, 6.45) is 12.2. The average Bonchev–Trinajstić information content (AvgIpc) is 2.47. The summed E-state index contributed by atoms with van der Waals surface area (Å²) in [5, 5.41) is 0. The molecule has 0 aliphatic heterocycles. The quantitative estimate of drug-likeness (QED) is 0.842. The van der Waals surface area contributed by atoms with E-state index >= 15 is 0 Å². The predicted molar refractivity (Wildman–Crippen MR) is 87.8 cm³/mol. The third-order valence-electron chi connectivity index (χ3n) is 6.63. The Bertz CT molecular complexity index is 284. The lowest BCUT2D eigenvalue weighted by molar-refractivity contribution is 0.0256. The molecule has 2 aliphatic carbocycles. The van der Waals surface area contributed by atoms with Crippen LogP contribution in [-0.4, -0.2) is 30.6 Å². The maximum absolute atomic E-state index is 6.85. The Morgan fingerprint density at radius 3 is 2.05 bits per heavy atom. The van der Waals surface area contributed by atoms with E-state index in [0.29, 0.717) is 6.04 Å². The number of nitrogens with two attached hydrogens (primary N) is 1. The van der Waals surface area contributed by atoms with E-state index in [0.717, 1.165) is 17.8 Å². The molecule has 2 rings (SSSR count). The Hall–Kier alpha value is -0.0800. The highest BCUT2D eigenvalue weighted by Crippen LogP contribution is 2.42. The first-order valence-corrected chi connectivity index (χ1v) is 8.92. The predicted octanol–water partition coefficient (Wildman–Crippen LogP) is 4.04. The molecular weight excluding hydrogens is 244 g/mol. The van der Waals surface area contributed by atoms with E-state index in [1.54, 1.807) is 0 Å². The molecule has 2 nitrogen and oxygen atoms in total. The number of likely N-dealkylation sites (N-methyl/N-ethyl adjacent to an activating group) is 1. The molecule has 2 heteroatoms. The van der Waals surface area contributed by atoms with E-state index < -0.39 is 0 Å². The van der Waals surface area contributed by atoms with Crippen molar-refractivity contribution >= 4 is 0 Å². The summed E-state index contributed by atoms with van der Waals surface area (Å²) < 4.78 is 0. The van der Waals surface area contributed by atoms with Crippen LogP contribution in [0.4, 0.5) is 0 Å². The SMILES string of the molecule is CCC1CCC(C(N)C2(N(C)C)CCC(C)CC2)CC1. The molecule has 2 N–H and O–H groups in total. The topological polar surface area (TPSA) is 29.3 Å². The first-order valence-electron chi connectivity index (χ1n) is 8.92. The van der Waals surface area contributed by atoms with Gasteiger partial charge in [-0.1, -0.05) is 33.1 Å². The second kappa shape index (κ2) is 6.79. The Morgan fingerprint density at radius 2 is 1.60 bits per heavy atom. The van der Waals surface area contributed by atoms with Gasteiger partial charge in [-0.2, -0.15) is 0 Å². The van der Waals surface area contributed by atoms with Crippen molar-refractivity contribution in [1.82, 2.24) is 4.90 Å². The first kappa shape index (κ1) is 16.3. The summed E-state index contributed by atoms with van der Waals surface area (Å²) in [6.45, 7) is 4.74. The number of nitrogens with zero attached hydrogens (tertiary/aromatic N) is 1. The van der Waals surface area contributed by atoms with Gasteiger partial charge < -0.3 is 10.6 Å². The molecule has 0 radical (unpaired) electrons. The molecule has 0 spiro atoms. The third kappa shape index (κ3) is 3.22. The van der Waals surface area contributed by atoms with Gasteiger partial charge in [0.15, 0.2) is 0 Å². The van der Waals surface area contributed by atoms with E-state index in [4.69, 9.17) is 5.73 Å². The highest BCUT2D eigenvalue weighted by Gasteiger charge is 2.44. The number of hydrogen-bond donors (Lipinski definition) is 1. The molecule has 0 amide bonds. The Balaban J connectivity index is 2.02. The maximum Gasteiger partial charge on any atom is 0.0357 e. The molecule has 2 aliphatic rings. The fourth-order valence-corrected chi connectivity index (χ4v) is 4.74. The Kier molecular flexibility index (Phi) is 5.53. The van der Waals surface area contributed by atoms with Crippen molar-refractivity contribution in [2.45, 2.75) is 83.2 Å². The summed E-state index contributed by atoms with van der Waals surface area (Å²) in [5.41, 5.74) is 7.12. The molecule has 0 saturated heterocycles. The van der Waals surface area contributed by atoms with Crippen LogP contribution in [-0.2, 0) is 0 Å². The van der Waals surface area contributed by atoms with Gasteiger partial charge in [0.2, 0.25) is 0 Å². The van der Waals surface area contributed by atoms with Gasteiger partial charge in [0, 0.05) is 11.6 Å². The molecule has 1 atom stereocenters. The lowest BCUT2D eigenvalue weighted by Gasteiger charge is -2.51. The zero-order chi connectivity index (χ0) is 14.8. The van der Waals surface area contributed by atoms with Crippen LogP contribution < -0.4 is 5.73 Å². The van der Waals surface area contributed by atoms with E-state index in [9.17, 15) is 0 Å². The van der Waals surface area contributed by atoms with Crippen molar-refractivity contribution < 1.29 is 0 Å². The van der Waals surface area contributed by atoms with Crippen LogP contribution in [0.15, 0.2) is 0 Å². The maximum atomic E-state index is 6.85. The van der Waals surface area contributed by atoms with Crippen LogP contribution in [0.1, 0.15) is 71.6 Å². The monoisotopic (exact) mass is 280 g/mol. The van der Waals surface area contributed by atoms with Gasteiger partial charge in [-0.3, -0.25) is 0 Å². The van der Waals surface area contributed by atoms with E-state index in [2.05, 4.69) is 32.8 Å². The zero-order valence-electron chi connectivity index (χ0n) is 14.2. The standard InChI is InChI=1S/C18H36N2/c1-5-15-6-8-16(9-7-15)17(19)18(20(3)4)12-10-14(2)11-13-18/h14-17H,5-13,19H2,1-4H3. The summed E-state index contributed by atoms with van der Waals surface area (Å²) in [6, 6.07) is 0.378. The molecular formula is C18H36N2. The van der Waals surface area contributed by atoms with Gasteiger partial charge in [0.05, 0.1) is 0 Å². The lowest BCUT2D eigenvalue weighted by atomic mass is 9.65. The van der Waals surface area contributed by atoms with Crippen LogP contribution in [0.3, 0.4) is 0 Å². The average molecular weight is 280 g/mol. The van der Waals surface area contributed by atoms with Gasteiger partial charge >= 0.3 is 0 Å². The van der Waals surface area contributed by atoms with Crippen LogP contribution in [0.2, 0.25) is 0 Å². The van der Waals surface area contributed by atoms with E-state index in [1.807, 2.05) is 0 Å². The molecule has 20 heavy (non-hydrogen) atoms. The van der Waals surface area contributed by atoms with Crippen LogP contribution in [0.25, 0.3) is 0 Å². The highest BCUT2D eigenvalue weighted by molar-refractivity contribution is 5.03. The van der Waals surface area contributed by atoms with Crippen LogP contribution in [0.5, 0.6) is 0 Å². The largest absolute Gasteiger partial charge is 0.326 e.